The topological polar surface area (TPSA) is 683 Å². The molecule has 4 aliphatic heterocycles. The van der Waals surface area contributed by atoms with Crippen LogP contribution in [0.1, 0.15) is 126 Å². The van der Waals surface area contributed by atoms with Gasteiger partial charge < -0.3 is 169 Å². The first kappa shape index (κ1) is 110. The summed E-state index contributed by atoms with van der Waals surface area (Å²) in [6.07, 6.45) is -17.6. The van der Waals surface area contributed by atoms with Crippen molar-refractivity contribution in [3.05, 3.63) is 0 Å². The van der Waals surface area contributed by atoms with Gasteiger partial charge in [0, 0.05) is 107 Å². The SMILES string of the molecule is CC(=O)NC1[C@H](OCCCCC(=O)O)OC(COC(C)=O)[C@H](OC(C)=O)[C@@H]1C.COP(O)(=S)OC[C@@H](COP(=O)(S)OC[C@@H](COP(O)(=S)OC[C@@H](CO)NC(=O)CCCCO[C@@H]1OC(CO)[C@H](O)[C@H](O)C1NC(C)=O)NC(=O)CCCCO[C@@H]1OC(CO)[C@H](O)[C@H](O)C1NC(C)=O)NC(=O)CCCCO[C@@H]1OC(CO)[C@H](O)[C@H](O)C1NC(C)=O. The number of thiol groups is 1. The zero-order chi connectivity index (χ0) is 90.2. The molecule has 4 aliphatic rings. The molecule has 47 nitrogen and oxygen atoms in total. The number of rotatable bonds is 54. The van der Waals surface area contributed by atoms with Crippen LogP contribution in [0.4, 0.5) is 0 Å². The molecule has 0 saturated carbocycles. The monoisotopic (exact) mass is 1850 g/mol. The maximum absolute atomic E-state index is 13.7. The molecule has 0 aromatic carbocycles. The molecule has 4 saturated heterocycles. The number of aliphatic hydroxyl groups excluding tert-OH is 10. The fourth-order valence-corrected chi connectivity index (χ4v) is 15.0. The molecule has 20 N–H and O–H groups in total. The van der Waals surface area contributed by atoms with Gasteiger partial charge in [0.2, 0.25) is 41.4 Å². The van der Waals surface area contributed by atoms with Crippen molar-refractivity contribution < 1.29 is 193 Å². The third-order valence-corrected chi connectivity index (χ3v) is 22.9. The van der Waals surface area contributed by atoms with E-state index < -0.39 is 268 Å². The second-order valence-corrected chi connectivity index (χ2v) is 36.8. The maximum atomic E-state index is 13.7. The van der Waals surface area contributed by atoms with Crippen LogP contribution in [0.2, 0.25) is 0 Å². The van der Waals surface area contributed by atoms with Crippen LogP contribution in [0.3, 0.4) is 0 Å². The predicted molar refractivity (Wildman–Crippen MR) is 420 cm³/mol. The number of carboxylic acids is 1. The molecule has 0 aromatic rings. The lowest BCUT2D eigenvalue weighted by Gasteiger charge is -2.44. The van der Waals surface area contributed by atoms with E-state index in [0.29, 0.717) is 12.8 Å². The van der Waals surface area contributed by atoms with Gasteiger partial charge in [-0.2, -0.15) is 0 Å². The van der Waals surface area contributed by atoms with Gasteiger partial charge >= 0.3 is 38.1 Å². The summed E-state index contributed by atoms with van der Waals surface area (Å²) in [5.41, 5.74) is 0. The Hall–Kier alpha value is -4.46. The van der Waals surface area contributed by atoms with Crippen LogP contribution in [0.25, 0.3) is 0 Å². The van der Waals surface area contributed by atoms with E-state index in [1.165, 1.54) is 34.6 Å². The number of nitrogens with one attached hydrogen (secondary N) is 7. The number of unbranched alkanes of at least 4 members (excludes halogenated alkanes) is 4. The predicted octanol–water partition coefficient (Wildman–Crippen LogP) is -5.36. The molecule has 4 fully saturated rings. The first-order valence-corrected chi connectivity index (χ1v) is 46.1. The Balaban J connectivity index is 0.00000112. The Morgan fingerprint density at radius 1 is 0.433 bits per heavy atom. The normalized spacial score (nSPS) is 29.0. The highest BCUT2D eigenvalue weighted by Gasteiger charge is 2.50. The molecule has 7 amide bonds. The summed E-state index contributed by atoms with van der Waals surface area (Å²) < 4.78 is 101. The smallest absolute Gasteiger partial charge is 0.386 e. The number of ether oxygens (including phenoxy) is 10. The summed E-state index contributed by atoms with van der Waals surface area (Å²) in [6, 6.07) is -7.88. The van der Waals surface area contributed by atoms with Crippen molar-refractivity contribution in [1.29, 1.82) is 0 Å². The van der Waals surface area contributed by atoms with Gasteiger partial charge in [-0.25, -0.2) is 4.57 Å². The van der Waals surface area contributed by atoms with Crippen LogP contribution in [-0.2, 0) is 151 Å². The van der Waals surface area contributed by atoms with Gasteiger partial charge in [-0.3, -0.25) is 57.0 Å². The number of carbonyl (C=O) groups excluding carboxylic acids is 9. The molecule has 0 aromatic heterocycles. The van der Waals surface area contributed by atoms with E-state index in [4.69, 9.17) is 103 Å². The first-order valence-electron chi connectivity index (χ1n) is 38.3. The standard InChI is InChI=1S/C49H91N6O31P3S3.C18H29NO9/c1-26(60)50-38-44(69)41(66)32(18-57)84-47(38)76-14-8-5-11-35(63)53-29(17-56)21-80-88(73,91)81-24-31(55-37(65)13-7-10-16-78-49-40(52-28(3)62)46(71)43(68)34(20-59)86-49)25-83-89(74,92)82-23-30(22-79-87(72,90)75-4)54-36(64)12-6-9-15-77-48-39(51-27(2)61)45(70)42(67)33(19-58)85-48;1-10-16(19-11(2)20)18(25-8-6-5-7-15(23)24)28-14(9-26-12(3)21)17(10)27-13(4)22/h29-34,38-49,56-59,66-71H,5-25H2,1-4H3,(H,50,60)(H,51,61)(H,52,62)(H,53,63)(H,54,64)(H,55,65)(H,72,90)(H,73,91)(H,74,92);10,14,16-18H,5-9H2,1-4H3,(H,19,20)(H,23,24)/t29-,30+,31-,32?,33?,34?,38?,39?,40?,41+,42+,43+,44-,45-,46-,47-,48-,49-,87?,88?,89?;10-,14?,16?,17-,18-/m11/s1. The Bertz CT molecular complexity index is 3320. The molecule has 120 heavy (non-hydrogen) atoms. The molecular formula is C67H120N7O40P3S3. The molecule has 0 aliphatic carbocycles. The highest BCUT2D eigenvalue weighted by molar-refractivity contribution is 8.44. The second kappa shape index (κ2) is 56.6. The zero-order valence-corrected chi connectivity index (χ0v) is 72.8. The van der Waals surface area contributed by atoms with Crippen LogP contribution in [0.15, 0.2) is 0 Å². The lowest BCUT2D eigenvalue weighted by Crippen LogP contribution is -2.64. The summed E-state index contributed by atoms with van der Waals surface area (Å²) in [5, 5.41) is 128. The van der Waals surface area contributed by atoms with Crippen molar-refractivity contribution in [1.82, 2.24) is 37.2 Å². The third kappa shape index (κ3) is 41.8. The fourth-order valence-electron chi connectivity index (χ4n) is 11.9. The van der Waals surface area contributed by atoms with E-state index in [9.17, 15) is 113 Å². The first-order chi connectivity index (χ1) is 56.4. The van der Waals surface area contributed by atoms with E-state index >= 15 is 0 Å². The molecule has 11 unspecified atom stereocenters. The van der Waals surface area contributed by atoms with Gasteiger partial charge in [0.1, 0.15) is 91.9 Å². The van der Waals surface area contributed by atoms with Crippen molar-refractivity contribution in [2.24, 2.45) is 5.92 Å². The van der Waals surface area contributed by atoms with Gasteiger partial charge in [-0.15, -0.1) is 0 Å². The van der Waals surface area contributed by atoms with Crippen molar-refractivity contribution in [3.63, 3.8) is 0 Å². The largest absolute Gasteiger partial charge is 0.481 e. The van der Waals surface area contributed by atoms with Crippen LogP contribution in [0.5, 0.6) is 0 Å². The second-order valence-electron chi connectivity index (χ2n) is 28.1. The van der Waals surface area contributed by atoms with Crippen molar-refractivity contribution in [2.75, 3.05) is 99.6 Å². The molecule has 53 heteroatoms. The molecule has 0 spiro atoms. The van der Waals surface area contributed by atoms with Crippen molar-refractivity contribution in [3.8, 4) is 0 Å². The Morgan fingerprint density at radius 3 is 1.06 bits per heavy atom. The molecule has 26 atom stereocenters. The van der Waals surface area contributed by atoms with Gasteiger partial charge in [-0.05, 0) is 75.0 Å². The van der Waals surface area contributed by atoms with Gasteiger partial charge in [0.25, 0.3) is 0 Å². The summed E-state index contributed by atoms with van der Waals surface area (Å²) in [6.45, 7) is -9.65. The highest BCUT2D eigenvalue weighted by Crippen LogP contribution is 2.53. The maximum Gasteiger partial charge on any atom is 0.386 e. The molecule has 0 bridgehead atoms. The van der Waals surface area contributed by atoms with Crippen molar-refractivity contribution >= 4 is 115 Å². The molecular weight excluding hydrogens is 1730 g/mol. The van der Waals surface area contributed by atoms with E-state index in [0.717, 1.165) is 14.0 Å². The number of amides is 7. The summed E-state index contributed by atoms with van der Waals surface area (Å²) in [7, 11) is 1.07. The minimum Gasteiger partial charge on any atom is -0.481 e. The Labute approximate surface area is 708 Å². The quantitative estimate of drug-likeness (QED) is 0.0117. The minimum absolute atomic E-state index is 0.0318. The number of hydrogen-bond acceptors (Lipinski definition) is 39. The minimum atomic E-state index is -4.52. The molecule has 4 heterocycles. The van der Waals surface area contributed by atoms with Gasteiger partial charge in [0.15, 0.2) is 25.2 Å². The molecule has 0 radical (unpaired) electrons. The number of carboxylic acid groups (broad SMARTS) is 1. The van der Waals surface area contributed by atoms with Gasteiger partial charge in [0.05, 0.1) is 83.6 Å². The molecule has 4 rings (SSSR count). The number of hydrogen-bond donors (Lipinski definition) is 21. The average Bonchev–Trinajstić information content (AvgIpc) is 0.810. The highest BCUT2D eigenvalue weighted by atomic mass is 32.7. The lowest BCUT2D eigenvalue weighted by atomic mass is 9.88. The van der Waals surface area contributed by atoms with E-state index in [1.54, 1.807) is 6.92 Å². The Morgan fingerprint density at radius 2 is 0.742 bits per heavy atom. The average molecular weight is 1850 g/mol. The number of aliphatic hydroxyl groups is 10. The number of aliphatic carboxylic acids is 1. The number of carbonyl (C=O) groups is 10. The van der Waals surface area contributed by atoms with E-state index in [1.807, 2.05) is 0 Å². The lowest BCUT2D eigenvalue weighted by molar-refractivity contribution is -0.270. The van der Waals surface area contributed by atoms with Crippen LogP contribution >= 0.6 is 32.5 Å². The molecule has 696 valence electrons. The summed E-state index contributed by atoms with van der Waals surface area (Å²) in [5.74, 6) is -6.16. The van der Waals surface area contributed by atoms with Crippen LogP contribution < -0.4 is 37.2 Å². The zero-order valence-electron chi connectivity index (χ0n) is 67.6. The van der Waals surface area contributed by atoms with Crippen LogP contribution in [0, 0.1) is 5.92 Å². The van der Waals surface area contributed by atoms with Crippen molar-refractivity contribution in [2.45, 2.75) is 260 Å². The summed E-state index contributed by atoms with van der Waals surface area (Å²) >= 11 is 14.1. The number of esters is 2. The van der Waals surface area contributed by atoms with Crippen LogP contribution in [-0.4, -0.2) is 359 Å². The van der Waals surface area contributed by atoms with E-state index in [2.05, 4.69) is 49.5 Å². The van der Waals surface area contributed by atoms with Gasteiger partial charge in [-0.1, -0.05) is 19.2 Å². The fraction of sp³-hybridized carbons (Fsp3) is 0.851. The Kier molecular flexibility index (Phi) is 51.7. The third-order valence-electron chi connectivity index (χ3n) is 18.0. The summed E-state index contributed by atoms with van der Waals surface area (Å²) in [4.78, 5) is 141. The van der Waals surface area contributed by atoms with E-state index in [-0.39, 0.29) is 109 Å².